The highest BCUT2D eigenvalue weighted by molar-refractivity contribution is 5.69. The molecule has 1 N–H and O–H groups in total. The van der Waals surface area contributed by atoms with Gasteiger partial charge in [0.05, 0.1) is 0 Å². The Balaban J connectivity index is 3.50. The van der Waals surface area contributed by atoms with Crippen molar-refractivity contribution < 1.29 is 9.90 Å². The predicted octanol–water partition coefficient (Wildman–Crippen LogP) is 0.558. The normalized spacial score (nSPS) is 11.2. The lowest BCUT2D eigenvalue weighted by Crippen LogP contribution is -1.75. The maximum atomic E-state index is 9.29. The Morgan fingerprint density at radius 3 is 2.50 bits per heavy atom. The second-order valence-electron chi connectivity index (χ2n) is 0.776. The molecule has 1 radical (unpaired) electrons. The van der Waals surface area contributed by atoms with Gasteiger partial charge in [-0.3, -0.25) is 4.79 Å². The van der Waals surface area contributed by atoms with Crippen molar-refractivity contribution >= 4 is 6.29 Å². The molecule has 0 aliphatic heterocycles. The Morgan fingerprint density at radius 1 is 2.00 bits per heavy atom. The van der Waals surface area contributed by atoms with Gasteiger partial charge in [-0.1, -0.05) is 0 Å². The Morgan fingerprint density at radius 2 is 2.50 bits per heavy atom. The molecule has 2 heteroatoms. The lowest BCUT2D eigenvalue weighted by Gasteiger charge is -1.72. The standard InChI is InChI=1S/C4H5O2/c1-2-4(6)3-5/h2,6H,1H3. The molecule has 0 rings (SSSR count). The molecule has 0 amide bonds. The van der Waals surface area contributed by atoms with E-state index >= 15 is 0 Å². The molecular weight excluding hydrogens is 80.0 g/mol. The maximum Gasteiger partial charge on any atom is 0.270 e. The summed E-state index contributed by atoms with van der Waals surface area (Å²) in [6.07, 6.45) is 2.55. The third kappa shape index (κ3) is 1.52. The second kappa shape index (κ2) is 2.45. The molecule has 0 aromatic heterocycles. The Hall–Kier alpha value is -0.790. The van der Waals surface area contributed by atoms with E-state index in [-0.39, 0.29) is 5.76 Å². The lowest BCUT2D eigenvalue weighted by molar-refractivity contribution is 0.427. The van der Waals surface area contributed by atoms with Crippen molar-refractivity contribution in [1.29, 1.82) is 0 Å². The van der Waals surface area contributed by atoms with Crippen LogP contribution in [0, 0.1) is 0 Å². The first kappa shape index (κ1) is 5.21. The molecule has 0 aromatic carbocycles. The molecule has 0 unspecified atom stereocenters. The number of aliphatic hydroxyl groups excluding tert-OH is 1. The third-order valence-electron chi connectivity index (χ3n) is 0.378. The topological polar surface area (TPSA) is 37.3 Å². The average Bonchev–Trinajstić information content (AvgIpc) is 1.65. The van der Waals surface area contributed by atoms with Crippen LogP contribution in [0.25, 0.3) is 0 Å². The summed E-state index contributed by atoms with van der Waals surface area (Å²) in [5.41, 5.74) is 0. The largest absolute Gasteiger partial charge is 0.504 e. The number of hydrogen-bond acceptors (Lipinski definition) is 2. The van der Waals surface area contributed by atoms with Gasteiger partial charge in [-0.2, -0.15) is 0 Å². The van der Waals surface area contributed by atoms with E-state index in [1.807, 2.05) is 0 Å². The predicted molar refractivity (Wildman–Crippen MR) is 22.1 cm³/mol. The Kier molecular flexibility index (Phi) is 2.13. The van der Waals surface area contributed by atoms with Crippen LogP contribution in [-0.2, 0) is 4.79 Å². The molecule has 0 fully saturated rings. The highest BCUT2D eigenvalue weighted by atomic mass is 16.3. The lowest BCUT2D eigenvalue weighted by atomic mass is 10.5. The van der Waals surface area contributed by atoms with Crippen molar-refractivity contribution in [2.24, 2.45) is 0 Å². The van der Waals surface area contributed by atoms with Crippen molar-refractivity contribution in [1.82, 2.24) is 0 Å². The van der Waals surface area contributed by atoms with E-state index in [1.54, 1.807) is 6.92 Å². The van der Waals surface area contributed by atoms with Crippen LogP contribution in [0.15, 0.2) is 11.8 Å². The van der Waals surface area contributed by atoms with Crippen molar-refractivity contribution in [3.63, 3.8) is 0 Å². The quantitative estimate of drug-likeness (QED) is 0.373. The minimum Gasteiger partial charge on any atom is -0.504 e. The molecule has 0 saturated heterocycles. The number of aliphatic hydroxyl groups is 1. The summed E-state index contributed by atoms with van der Waals surface area (Å²) >= 11 is 0. The SMILES string of the molecule is CC=C(O)[C]=O. The van der Waals surface area contributed by atoms with Crippen LogP contribution < -0.4 is 0 Å². The molecule has 0 bridgehead atoms. The van der Waals surface area contributed by atoms with E-state index in [2.05, 4.69) is 0 Å². The molecule has 6 heavy (non-hydrogen) atoms. The van der Waals surface area contributed by atoms with E-state index in [0.29, 0.717) is 0 Å². The van der Waals surface area contributed by atoms with Crippen molar-refractivity contribution in [3.05, 3.63) is 11.8 Å². The van der Waals surface area contributed by atoms with Crippen molar-refractivity contribution in [3.8, 4) is 0 Å². The highest BCUT2D eigenvalue weighted by Gasteiger charge is 1.78. The molecule has 0 saturated carbocycles. The molecule has 33 valence electrons. The van der Waals surface area contributed by atoms with Gasteiger partial charge in [0, 0.05) is 0 Å². The monoisotopic (exact) mass is 85.0 g/mol. The van der Waals surface area contributed by atoms with Crippen LogP contribution in [0.5, 0.6) is 0 Å². The van der Waals surface area contributed by atoms with Crippen molar-refractivity contribution in [2.45, 2.75) is 6.92 Å². The summed E-state index contributed by atoms with van der Waals surface area (Å²) in [6.45, 7) is 1.56. The van der Waals surface area contributed by atoms with Gasteiger partial charge in [0.2, 0.25) is 0 Å². The molecule has 0 aromatic rings. The molecule has 0 spiro atoms. The minimum absolute atomic E-state index is 0.338. The Bertz CT molecular complexity index is 73.6. The van der Waals surface area contributed by atoms with Crippen LogP contribution in [0.1, 0.15) is 6.92 Å². The fraction of sp³-hybridized carbons (Fsp3) is 0.250. The van der Waals surface area contributed by atoms with E-state index in [4.69, 9.17) is 5.11 Å². The van der Waals surface area contributed by atoms with Gasteiger partial charge in [-0.15, -0.1) is 0 Å². The van der Waals surface area contributed by atoms with E-state index in [0.717, 1.165) is 0 Å². The van der Waals surface area contributed by atoms with Crippen LogP contribution >= 0.6 is 0 Å². The van der Waals surface area contributed by atoms with E-state index < -0.39 is 0 Å². The van der Waals surface area contributed by atoms with E-state index in [9.17, 15) is 4.79 Å². The smallest absolute Gasteiger partial charge is 0.270 e. The van der Waals surface area contributed by atoms with Gasteiger partial charge < -0.3 is 5.11 Å². The van der Waals surface area contributed by atoms with Gasteiger partial charge in [0.25, 0.3) is 6.29 Å². The first-order valence-electron chi connectivity index (χ1n) is 1.54. The molecule has 0 atom stereocenters. The summed E-state index contributed by atoms with van der Waals surface area (Å²) in [6, 6.07) is 0. The van der Waals surface area contributed by atoms with Crippen LogP contribution in [0.2, 0.25) is 0 Å². The minimum atomic E-state index is -0.338. The molecule has 0 aliphatic rings. The first-order valence-corrected chi connectivity index (χ1v) is 1.54. The summed E-state index contributed by atoms with van der Waals surface area (Å²) in [5.74, 6) is -0.338. The first-order chi connectivity index (χ1) is 2.81. The fourth-order valence-electron chi connectivity index (χ4n) is 0.0589. The molecule has 2 nitrogen and oxygen atoms in total. The van der Waals surface area contributed by atoms with Gasteiger partial charge in [-0.25, -0.2) is 0 Å². The zero-order valence-corrected chi connectivity index (χ0v) is 3.43. The Labute approximate surface area is 36.1 Å². The summed E-state index contributed by atoms with van der Waals surface area (Å²) in [5, 5.41) is 8.10. The highest BCUT2D eigenvalue weighted by Crippen LogP contribution is 1.74. The third-order valence-corrected chi connectivity index (χ3v) is 0.378. The molecule has 0 aliphatic carbocycles. The average molecular weight is 85.1 g/mol. The summed E-state index contributed by atoms with van der Waals surface area (Å²) < 4.78 is 0. The van der Waals surface area contributed by atoms with Crippen LogP contribution in [0.3, 0.4) is 0 Å². The van der Waals surface area contributed by atoms with Crippen LogP contribution in [0.4, 0.5) is 0 Å². The maximum absolute atomic E-state index is 9.29. The van der Waals surface area contributed by atoms with E-state index in [1.165, 1.54) is 12.4 Å². The van der Waals surface area contributed by atoms with Gasteiger partial charge in [0.1, 0.15) is 0 Å². The molecule has 0 heterocycles. The number of rotatable bonds is 1. The number of allylic oxidation sites excluding steroid dienone is 2. The summed E-state index contributed by atoms with van der Waals surface area (Å²) in [7, 11) is 0. The fourth-order valence-corrected chi connectivity index (χ4v) is 0.0589. The second-order valence-corrected chi connectivity index (χ2v) is 0.776. The zero-order chi connectivity index (χ0) is 4.99. The van der Waals surface area contributed by atoms with Crippen molar-refractivity contribution in [2.75, 3.05) is 0 Å². The molecular formula is C4H5O2. The van der Waals surface area contributed by atoms with Gasteiger partial charge in [0.15, 0.2) is 5.76 Å². The number of carbonyl (C=O) groups excluding carboxylic acids is 1. The van der Waals surface area contributed by atoms with Gasteiger partial charge >= 0.3 is 0 Å². The summed E-state index contributed by atoms with van der Waals surface area (Å²) in [4.78, 5) is 9.29. The van der Waals surface area contributed by atoms with Crippen LogP contribution in [-0.4, -0.2) is 11.4 Å². The number of hydrogen-bond donors (Lipinski definition) is 1. The zero-order valence-electron chi connectivity index (χ0n) is 3.43. The van der Waals surface area contributed by atoms with Gasteiger partial charge in [-0.05, 0) is 13.0 Å².